The van der Waals surface area contributed by atoms with Crippen molar-refractivity contribution in [2.45, 2.75) is 33.6 Å². The molecule has 0 aromatic heterocycles. The molecule has 0 aromatic carbocycles. The molecule has 0 aliphatic rings. The maximum atomic E-state index is 11.6. The highest BCUT2D eigenvalue weighted by molar-refractivity contribution is 5.86. The molecular weight excluding hydrogens is 370 g/mol. The quantitative estimate of drug-likeness (QED) is 0.183. The van der Waals surface area contributed by atoms with Crippen LogP contribution >= 0.6 is 0 Å². The molecule has 0 unspecified atom stereocenters. The predicted octanol–water partition coefficient (Wildman–Crippen LogP) is 1.10. The smallest absolute Gasteiger partial charge is 0.333 e. The van der Waals surface area contributed by atoms with Crippen molar-refractivity contribution in [3.05, 3.63) is 12.2 Å². The Morgan fingerprint density at radius 2 is 1.25 bits per heavy atom. The zero-order valence-corrected chi connectivity index (χ0v) is 17.2. The fourth-order valence-corrected chi connectivity index (χ4v) is 1.70. The van der Waals surface area contributed by atoms with Gasteiger partial charge in [-0.1, -0.05) is 20.4 Å². The summed E-state index contributed by atoms with van der Waals surface area (Å²) in [6.45, 7) is 9.24. The Kier molecular flexibility index (Phi) is 13.4. The SMILES string of the molecule is C=C(C)C(=O)OCCOC(=O)CCN(C)CCC(=O)OCCOC(=O)C(C)C. The molecule has 0 amide bonds. The zero-order valence-electron chi connectivity index (χ0n) is 17.2. The molecule has 0 aromatic rings. The number of esters is 4. The standard InChI is InChI=1S/C19H31NO8/c1-14(2)18(23)27-12-10-25-16(21)6-8-20(5)9-7-17(22)26-11-13-28-19(24)15(3)4/h15H,1,6-13H2,2-5H3. The third-order valence-electron chi connectivity index (χ3n) is 3.39. The predicted molar refractivity (Wildman–Crippen MR) is 100 cm³/mol. The van der Waals surface area contributed by atoms with Crippen LogP contribution in [0.5, 0.6) is 0 Å². The van der Waals surface area contributed by atoms with Gasteiger partial charge in [0.15, 0.2) is 0 Å². The van der Waals surface area contributed by atoms with Gasteiger partial charge < -0.3 is 23.8 Å². The Morgan fingerprint density at radius 3 is 1.68 bits per heavy atom. The summed E-state index contributed by atoms with van der Waals surface area (Å²) in [5, 5.41) is 0. The van der Waals surface area contributed by atoms with Gasteiger partial charge in [0.05, 0.1) is 18.8 Å². The zero-order chi connectivity index (χ0) is 21.5. The van der Waals surface area contributed by atoms with Gasteiger partial charge in [0, 0.05) is 18.7 Å². The summed E-state index contributed by atoms with van der Waals surface area (Å²) in [7, 11) is 1.76. The number of carbonyl (C=O) groups excluding carboxylic acids is 4. The van der Waals surface area contributed by atoms with Gasteiger partial charge in [-0.25, -0.2) is 4.79 Å². The van der Waals surface area contributed by atoms with Crippen LogP contribution in [0.4, 0.5) is 0 Å². The van der Waals surface area contributed by atoms with Crippen LogP contribution in [0.2, 0.25) is 0 Å². The highest BCUT2D eigenvalue weighted by atomic mass is 16.6. The Morgan fingerprint density at radius 1 is 0.821 bits per heavy atom. The van der Waals surface area contributed by atoms with Crippen LogP contribution in [0, 0.1) is 5.92 Å². The van der Waals surface area contributed by atoms with Crippen molar-refractivity contribution in [2.75, 3.05) is 46.6 Å². The lowest BCUT2D eigenvalue weighted by Crippen LogP contribution is -2.26. The molecule has 0 spiro atoms. The molecule has 0 heterocycles. The first-order valence-corrected chi connectivity index (χ1v) is 9.12. The van der Waals surface area contributed by atoms with Gasteiger partial charge in [-0.2, -0.15) is 0 Å². The maximum absolute atomic E-state index is 11.6. The number of hydrogen-bond acceptors (Lipinski definition) is 9. The minimum absolute atomic E-state index is 0.0171. The molecular formula is C19H31NO8. The van der Waals surface area contributed by atoms with E-state index in [0.29, 0.717) is 13.1 Å². The largest absolute Gasteiger partial charge is 0.462 e. The van der Waals surface area contributed by atoms with E-state index >= 15 is 0 Å². The number of nitrogens with zero attached hydrogens (tertiary/aromatic N) is 1. The van der Waals surface area contributed by atoms with Gasteiger partial charge in [-0.3, -0.25) is 14.4 Å². The van der Waals surface area contributed by atoms with Crippen LogP contribution in [0.3, 0.4) is 0 Å². The lowest BCUT2D eigenvalue weighted by molar-refractivity contribution is -0.154. The van der Waals surface area contributed by atoms with Crippen LogP contribution in [0.25, 0.3) is 0 Å². The van der Waals surface area contributed by atoms with E-state index in [1.807, 2.05) is 0 Å². The summed E-state index contributed by atoms with van der Waals surface area (Å²) in [6, 6.07) is 0. The van der Waals surface area contributed by atoms with Crippen LogP contribution in [-0.2, 0) is 38.1 Å². The minimum atomic E-state index is -0.527. The molecule has 0 N–H and O–H groups in total. The van der Waals surface area contributed by atoms with E-state index in [9.17, 15) is 19.2 Å². The highest BCUT2D eigenvalue weighted by Crippen LogP contribution is 1.98. The molecule has 28 heavy (non-hydrogen) atoms. The maximum Gasteiger partial charge on any atom is 0.333 e. The number of rotatable bonds is 14. The van der Waals surface area contributed by atoms with Crippen molar-refractivity contribution in [3.63, 3.8) is 0 Å². The van der Waals surface area contributed by atoms with Gasteiger partial charge in [-0.05, 0) is 14.0 Å². The second kappa shape index (κ2) is 14.6. The fourth-order valence-electron chi connectivity index (χ4n) is 1.70. The highest BCUT2D eigenvalue weighted by Gasteiger charge is 2.11. The van der Waals surface area contributed by atoms with Gasteiger partial charge in [0.1, 0.15) is 26.4 Å². The van der Waals surface area contributed by atoms with Gasteiger partial charge in [-0.15, -0.1) is 0 Å². The topological polar surface area (TPSA) is 108 Å². The first-order chi connectivity index (χ1) is 13.1. The molecule has 0 radical (unpaired) electrons. The normalized spacial score (nSPS) is 10.5. The molecule has 9 heteroatoms. The van der Waals surface area contributed by atoms with E-state index in [2.05, 4.69) is 6.58 Å². The molecule has 0 fully saturated rings. The van der Waals surface area contributed by atoms with Crippen LogP contribution < -0.4 is 0 Å². The second-order valence-corrected chi connectivity index (χ2v) is 6.48. The van der Waals surface area contributed by atoms with E-state index in [1.54, 1.807) is 25.8 Å². The monoisotopic (exact) mass is 401 g/mol. The van der Waals surface area contributed by atoms with Crippen molar-refractivity contribution in [1.82, 2.24) is 4.90 Å². The first-order valence-electron chi connectivity index (χ1n) is 9.12. The Hall–Kier alpha value is -2.42. The number of ether oxygens (including phenoxy) is 4. The van der Waals surface area contributed by atoms with Crippen molar-refractivity contribution in [1.29, 1.82) is 0 Å². The van der Waals surface area contributed by atoms with E-state index in [4.69, 9.17) is 18.9 Å². The Labute approximate surface area is 165 Å². The lowest BCUT2D eigenvalue weighted by Gasteiger charge is -2.15. The number of carbonyl (C=O) groups is 4. The molecule has 0 saturated carbocycles. The molecule has 0 aliphatic heterocycles. The lowest BCUT2D eigenvalue weighted by atomic mass is 10.2. The first kappa shape index (κ1) is 25.6. The van der Waals surface area contributed by atoms with E-state index < -0.39 is 17.9 Å². The molecule has 0 rings (SSSR count). The molecule has 0 saturated heterocycles. The average Bonchev–Trinajstić information content (AvgIpc) is 2.64. The van der Waals surface area contributed by atoms with Gasteiger partial charge in [0.2, 0.25) is 0 Å². The van der Waals surface area contributed by atoms with Gasteiger partial charge in [0.25, 0.3) is 0 Å². The summed E-state index contributed by atoms with van der Waals surface area (Å²) in [6.07, 6.45) is 0.297. The van der Waals surface area contributed by atoms with Crippen molar-refractivity contribution >= 4 is 23.9 Å². The van der Waals surface area contributed by atoms with Crippen molar-refractivity contribution < 1.29 is 38.1 Å². The summed E-state index contributed by atoms with van der Waals surface area (Å²) in [5.74, 6) is -1.91. The Balaban J connectivity index is 3.72. The average molecular weight is 401 g/mol. The van der Waals surface area contributed by atoms with E-state index in [-0.39, 0.29) is 56.7 Å². The number of hydrogen-bond donors (Lipinski definition) is 0. The van der Waals surface area contributed by atoms with Crippen LogP contribution in [-0.4, -0.2) is 75.3 Å². The summed E-state index contributed by atoms with van der Waals surface area (Å²) < 4.78 is 19.6. The van der Waals surface area contributed by atoms with E-state index in [1.165, 1.54) is 6.92 Å². The van der Waals surface area contributed by atoms with Crippen molar-refractivity contribution in [3.8, 4) is 0 Å². The van der Waals surface area contributed by atoms with Crippen molar-refractivity contribution in [2.24, 2.45) is 5.92 Å². The van der Waals surface area contributed by atoms with Crippen LogP contribution in [0.15, 0.2) is 12.2 Å². The third kappa shape index (κ3) is 13.7. The molecule has 160 valence electrons. The van der Waals surface area contributed by atoms with E-state index in [0.717, 1.165) is 0 Å². The summed E-state index contributed by atoms with van der Waals surface area (Å²) >= 11 is 0. The fraction of sp³-hybridized carbons (Fsp3) is 0.684. The molecule has 0 atom stereocenters. The molecule has 0 aliphatic carbocycles. The molecule has 9 nitrogen and oxygen atoms in total. The summed E-state index contributed by atoms with van der Waals surface area (Å²) in [4.78, 5) is 47.4. The third-order valence-corrected chi connectivity index (χ3v) is 3.39. The van der Waals surface area contributed by atoms with Gasteiger partial charge >= 0.3 is 23.9 Å². The molecule has 0 bridgehead atoms. The summed E-state index contributed by atoms with van der Waals surface area (Å²) in [5.41, 5.74) is 0.281. The Bertz CT molecular complexity index is 544. The second-order valence-electron chi connectivity index (χ2n) is 6.48. The van der Waals surface area contributed by atoms with Crippen LogP contribution in [0.1, 0.15) is 33.6 Å². The minimum Gasteiger partial charge on any atom is -0.462 e.